The molecule has 2 atom stereocenters. The fourth-order valence-corrected chi connectivity index (χ4v) is 4.15. The van der Waals surface area contributed by atoms with E-state index in [1.54, 1.807) is 12.1 Å². The average Bonchev–Trinajstić information content (AvgIpc) is 3.15. The van der Waals surface area contributed by atoms with Crippen molar-refractivity contribution in [3.05, 3.63) is 59.7 Å². The van der Waals surface area contributed by atoms with Crippen LogP contribution in [0.15, 0.2) is 48.5 Å². The molecular weight excluding hydrogens is 380 g/mol. The van der Waals surface area contributed by atoms with E-state index in [9.17, 15) is 9.59 Å². The van der Waals surface area contributed by atoms with Crippen LogP contribution in [-0.4, -0.2) is 50.5 Å². The van der Waals surface area contributed by atoms with Gasteiger partial charge in [-0.2, -0.15) is 0 Å². The molecule has 0 spiro atoms. The van der Waals surface area contributed by atoms with Crippen molar-refractivity contribution >= 4 is 22.9 Å². The smallest absolute Gasteiger partial charge is 0.338 e. The fourth-order valence-electron chi connectivity index (χ4n) is 4.15. The zero-order valence-electron chi connectivity index (χ0n) is 17.3. The predicted molar refractivity (Wildman–Crippen MR) is 113 cm³/mol. The van der Waals surface area contributed by atoms with Crippen LogP contribution in [0.5, 0.6) is 0 Å². The Morgan fingerprint density at radius 2 is 1.73 bits per heavy atom. The summed E-state index contributed by atoms with van der Waals surface area (Å²) < 4.78 is 7.11. The largest absolute Gasteiger partial charge is 0.452 e. The predicted octanol–water partition coefficient (Wildman–Crippen LogP) is 3.43. The maximum atomic E-state index is 12.5. The van der Waals surface area contributed by atoms with Gasteiger partial charge in [0.15, 0.2) is 6.61 Å². The first-order chi connectivity index (χ1) is 14.5. The number of likely N-dealkylation sites (tertiary alicyclic amines) is 1. The van der Waals surface area contributed by atoms with Crippen LogP contribution in [0.1, 0.15) is 49.0 Å². The highest BCUT2D eigenvalue weighted by Gasteiger charge is 2.29. The number of carbonyl (C=O) groups excluding carboxylic acids is 2. The minimum absolute atomic E-state index is 0.127. The number of fused-ring (bicyclic) bond motifs is 1. The number of hydrogen-bond acceptors (Lipinski definition) is 5. The summed E-state index contributed by atoms with van der Waals surface area (Å²) in [4.78, 5) is 26.8. The lowest BCUT2D eigenvalue weighted by molar-refractivity contribution is -0.140. The Hall–Kier alpha value is -3.22. The lowest BCUT2D eigenvalue weighted by atomic mass is 9.97. The monoisotopic (exact) mass is 406 g/mol. The van der Waals surface area contributed by atoms with Crippen LogP contribution in [0.3, 0.4) is 0 Å². The SMILES string of the molecule is C[C@@H]1CCC[C@@H](C)N1C(=O)COC(=O)c1ccc(Cn2nnc3ccccc32)cc1. The molecule has 1 saturated heterocycles. The van der Waals surface area contributed by atoms with Crippen LogP contribution in [0, 0.1) is 0 Å². The average molecular weight is 406 g/mol. The molecule has 1 amide bonds. The molecule has 1 fully saturated rings. The van der Waals surface area contributed by atoms with E-state index in [1.165, 1.54) is 0 Å². The van der Waals surface area contributed by atoms with Gasteiger partial charge in [-0.1, -0.05) is 29.5 Å². The Balaban J connectivity index is 1.35. The van der Waals surface area contributed by atoms with E-state index >= 15 is 0 Å². The van der Waals surface area contributed by atoms with E-state index < -0.39 is 5.97 Å². The molecule has 0 aliphatic carbocycles. The molecule has 0 bridgehead atoms. The van der Waals surface area contributed by atoms with Crippen LogP contribution in [0.2, 0.25) is 0 Å². The van der Waals surface area contributed by atoms with Crippen molar-refractivity contribution in [3.8, 4) is 0 Å². The molecule has 0 radical (unpaired) electrons. The lowest BCUT2D eigenvalue weighted by Crippen LogP contribution is -2.49. The van der Waals surface area contributed by atoms with Crippen LogP contribution < -0.4 is 0 Å². The van der Waals surface area contributed by atoms with E-state index in [2.05, 4.69) is 10.3 Å². The van der Waals surface area contributed by atoms with Gasteiger partial charge in [-0.3, -0.25) is 4.79 Å². The molecule has 0 saturated carbocycles. The molecule has 2 aromatic carbocycles. The van der Waals surface area contributed by atoms with Crippen molar-refractivity contribution in [3.63, 3.8) is 0 Å². The molecule has 1 aliphatic rings. The van der Waals surface area contributed by atoms with Gasteiger partial charge in [0.25, 0.3) is 5.91 Å². The molecule has 156 valence electrons. The minimum Gasteiger partial charge on any atom is -0.452 e. The molecular formula is C23H26N4O3. The fraction of sp³-hybridized carbons (Fsp3) is 0.391. The number of aromatic nitrogens is 3. The third-order valence-electron chi connectivity index (χ3n) is 5.75. The van der Waals surface area contributed by atoms with Gasteiger partial charge in [-0.15, -0.1) is 5.10 Å². The van der Waals surface area contributed by atoms with Crippen LogP contribution in [0.25, 0.3) is 11.0 Å². The number of ether oxygens (including phenoxy) is 1. The van der Waals surface area contributed by atoms with Crippen molar-refractivity contribution in [1.82, 2.24) is 19.9 Å². The van der Waals surface area contributed by atoms with Gasteiger partial charge in [0.05, 0.1) is 17.6 Å². The van der Waals surface area contributed by atoms with Crippen molar-refractivity contribution in [1.29, 1.82) is 0 Å². The summed E-state index contributed by atoms with van der Waals surface area (Å²) in [5.41, 5.74) is 3.23. The summed E-state index contributed by atoms with van der Waals surface area (Å²) in [7, 11) is 0. The number of amides is 1. The summed E-state index contributed by atoms with van der Waals surface area (Å²) in [6.45, 7) is 4.43. The number of esters is 1. The number of rotatable bonds is 5. The number of benzene rings is 2. The second-order valence-corrected chi connectivity index (χ2v) is 7.94. The summed E-state index contributed by atoms with van der Waals surface area (Å²) in [5, 5.41) is 8.34. The first-order valence-electron chi connectivity index (χ1n) is 10.4. The summed E-state index contributed by atoms with van der Waals surface area (Å²) in [6.07, 6.45) is 3.11. The standard InChI is InChI=1S/C23H26N4O3/c1-16-6-5-7-17(2)27(16)22(28)15-30-23(29)19-12-10-18(11-13-19)14-26-21-9-4-3-8-20(21)24-25-26/h3-4,8-13,16-17H,5-7,14-15H2,1-2H3/t16-,17-/m1/s1. The maximum absolute atomic E-state index is 12.5. The molecule has 4 rings (SSSR count). The Bertz CT molecular complexity index is 1030. The Morgan fingerprint density at radius 3 is 2.47 bits per heavy atom. The van der Waals surface area contributed by atoms with E-state index in [0.29, 0.717) is 12.1 Å². The summed E-state index contributed by atoms with van der Waals surface area (Å²) in [6, 6.07) is 15.3. The van der Waals surface area contributed by atoms with Gasteiger partial charge < -0.3 is 9.64 Å². The van der Waals surface area contributed by atoms with E-state index in [4.69, 9.17) is 4.74 Å². The van der Waals surface area contributed by atoms with Crippen molar-refractivity contribution < 1.29 is 14.3 Å². The van der Waals surface area contributed by atoms with Crippen LogP contribution in [-0.2, 0) is 16.1 Å². The second-order valence-electron chi connectivity index (χ2n) is 7.94. The molecule has 0 unspecified atom stereocenters. The molecule has 0 N–H and O–H groups in total. The van der Waals surface area contributed by atoms with Crippen LogP contribution in [0.4, 0.5) is 0 Å². The topological polar surface area (TPSA) is 77.3 Å². The molecule has 1 aliphatic heterocycles. The van der Waals surface area contributed by atoms with Gasteiger partial charge >= 0.3 is 5.97 Å². The van der Waals surface area contributed by atoms with Crippen molar-refractivity contribution in [2.75, 3.05) is 6.61 Å². The van der Waals surface area contributed by atoms with Crippen molar-refractivity contribution in [2.24, 2.45) is 0 Å². The van der Waals surface area contributed by atoms with Crippen LogP contribution >= 0.6 is 0 Å². The minimum atomic E-state index is -0.488. The molecule has 1 aromatic heterocycles. The summed E-state index contributed by atoms with van der Waals surface area (Å²) >= 11 is 0. The molecule has 7 heteroatoms. The Morgan fingerprint density at radius 1 is 1.03 bits per heavy atom. The molecule has 3 aromatic rings. The van der Waals surface area contributed by atoms with Gasteiger partial charge in [-0.05, 0) is 62.9 Å². The van der Waals surface area contributed by atoms with E-state index in [-0.39, 0.29) is 24.6 Å². The maximum Gasteiger partial charge on any atom is 0.338 e. The lowest BCUT2D eigenvalue weighted by Gasteiger charge is -2.38. The quantitative estimate of drug-likeness (QED) is 0.607. The highest BCUT2D eigenvalue weighted by Crippen LogP contribution is 2.22. The second kappa shape index (κ2) is 8.65. The highest BCUT2D eigenvalue weighted by atomic mass is 16.5. The van der Waals surface area contributed by atoms with E-state index in [0.717, 1.165) is 35.9 Å². The number of hydrogen-bond donors (Lipinski definition) is 0. The highest BCUT2D eigenvalue weighted by molar-refractivity contribution is 5.91. The molecule has 2 heterocycles. The van der Waals surface area contributed by atoms with Gasteiger partial charge in [0.1, 0.15) is 5.52 Å². The van der Waals surface area contributed by atoms with Crippen molar-refractivity contribution in [2.45, 2.75) is 51.7 Å². The molecule has 7 nitrogen and oxygen atoms in total. The van der Waals surface area contributed by atoms with Gasteiger partial charge in [0, 0.05) is 12.1 Å². The zero-order valence-corrected chi connectivity index (χ0v) is 17.3. The summed E-state index contributed by atoms with van der Waals surface area (Å²) in [5.74, 6) is -0.615. The zero-order chi connectivity index (χ0) is 21.1. The van der Waals surface area contributed by atoms with Gasteiger partial charge in [0.2, 0.25) is 0 Å². The molecule has 30 heavy (non-hydrogen) atoms. The third-order valence-corrected chi connectivity index (χ3v) is 5.75. The normalized spacial score (nSPS) is 19.1. The number of piperidine rings is 1. The Kier molecular flexibility index (Phi) is 5.79. The Labute approximate surface area is 175 Å². The number of nitrogens with zero attached hydrogens (tertiary/aromatic N) is 4. The third kappa shape index (κ3) is 4.20. The number of carbonyl (C=O) groups is 2. The van der Waals surface area contributed by atoms with Gasteiger partial charge in [-0.25, -0.2) is 9.48 Å². The van der Waals surface area contributed by atoms with E-state index in [1.807, 2.05) is 59.8 Å². The first-order valence-corrected chi connectivity index (χ1v) is 10.4. The number of para-hydroxylation sites is 1. The first kappa shape index (κ1) is 20.1.